The average molecular weight is 463 g/mol. The van der Waals surface area contributed by atoms with E-state index in [2.05, 4.69) is 113 Å². The van der Waals surface area contributed by atoms with Crippen LogP contribution in [-0.2, 0) is 6.54 Å². The second-order valence-corrected chi connectivity index (χ2v) is 8.49. The molecule has 0 radical (unpaired) electrons. The Morgan fingerprint density at radius 2 is 1.63 bits per heavy atom. The van der Waals surface area contributed by atoms with E-state index in [-0.39, 0.29) is 0 Å². The fourth-order valence-corrected chi connectivity index (χ4v) is 4.50. The van der Waals surface area contributed by atoms with Crippen LogP contribution in [0, 0.1) is 17.4 Å². The minimum atomic E-state index is 0.886. The first-order chi connectivity index (χ1) is 13.1. The molecule has 0 unspecified atom stereocenters. The first kappa shape index (κ1) is 16.8. The van der Waals surface area contributed by atoms with E-state index in [1.165, 1.54) is 52.8 Å². The Balaban J connectivity index is 1.74. The SMILES string of the molecule is Cc1c2cc[n+](Cc3ccc(I)cc3)cc2c(C)c2c1[nH]c1ccccc12. The largest absolute Gasteiger partial charge is 0.354 e. The number of halogens is 1. The summed E-state index contributed by atoms with van der Waals surface area (Å²) in [7, 11) is 0. The number of benzene rings is 3. The highest BCUT2D eigenvalue weighted by Crippen LogP contribution is 2.35. The van der Waals surface area contributed by atoms with Crippen LogP contribution in [-0.4, -0.2) is 4.98 Å². The van der Waals surface area contributed by atoms with Gasteiger partial charge in [0.05, 0.1) is 5.52 Å². The molecular formula is C24H20IN2+. The number of rotatable bonds is 2. The van der Waals surface area contributed by atoms with Crippen molar-refractivity contribution in [2.24, 2.45) is 0 Å². The van der Waals surface area contributed by atoms with Crippen molar-refractivity contribution < 1.29 is 4.57 Å². The van der Waals surface area contributed by atoms with E-state index >= 15 is 0 Å². The third-order valence-electron chi connectivity index (χ3n) is 5.56. The standard InChI is InChI=1S/C24H19IN2/c1-15-21-14-27(13-17-7-9-18(25)10-8-17)12-11-19(21)16(2)24-23(15)20-5-3-4-6-22(20)26-24/h3-12,14H,13H2,1-2H3/p+1. The summed E-state index contributed by atoms with van der Waals surface area (Å²) in [5.41, 5.74) is 6.46. The third kappa shape index (κ3) is 2.72. The van der Waals surface area contributed by atoms with E-state index in [4.69, 9.17) is 0 Å². The summed E-state index contributed by atoms with van der Waals surface area (Å²) in [5, 5.41) is 5.31. The Morgan fingerprint density at radius 1 is 0.852 bits per heavy atom. The molecule has 3 aromatic carbocycles. The van der Waals surface area contributed by atoms with Gasteiger partial charge in [-0.15, -0.1) is 0 Å². The molecule has 0 fully saturated rings. The number of para-hydroxylation sites is 1. The van der Waals surface area contributed by atoms with Gasteiger partial charge in [-0.2, -0.15) is 0 Å². The summed E-state index contributed by atoms with van der Waals surface area (Å²) in [6, 6.07) is 19.6. The predicted octanol–water partition coefficient (Wildman–Crippen LogP) is 6.03. The summed E-state index contributed by atoms with van der Waals surface area (Å²) in [6.07, 6.45) is 4.50. The molecule has 5 aromatic rings. The van der Waals surface area contributed by atoms with Crippen molar-refractivity contribution in [3.8, 4) is 0 Å². The van der Waals surface area contributed by atoms with E-state index < -0.39 is 0 Å². The van der Waals surface area contributed by atoms with Gasteiger partial charge in [0.15, 0.2) is 18.9 Å². The number of aromatic amines is 1. The molecule has 3 heteroatoms. The number of nitrogens with one attached hydrogen (secondary N) is 1. The maximum atomic E-state index is 3.63. The van der Waals surface area contributed by atoms with Crippen LogP contribution in [0.1, 0.15) is 16.7 Å². The molecular weight excluding hydrogens is 443 g/mol. The fraction of sp³-hybridized carbons (Fsp3) is 0.125. The summed E-state index contributed by atoms with van der Waals surface area (Å²) in [6.45, 7) is 5.36. The maximum Gasteiger partial charge on any atom is 0.177 e. The van der Waals surface area contributed by atoms with Gasteiger partial charge in [-0.05, 0) is 71.2 Å². The molecule has 2 heterocycles. The highest BCUT2D eigenvalue weighted by Gasteiger charge is 2.16. The highest BCUT2D eigenvalue weighted by atomic mass is 127. The Bertz CT molecular complexity index is 1310. The van der Waals surface area contributed by atoms with E-state index in [1.807, 2.05) is 0 Å². The lowest BCUT2D eigenvalue weighted by molar-refractivity contribution is -0.687. The van der Waals surface area contributed by atoms with Gasteiger partial charge in [-0.3, -0.25) is 0 Å². The van der Waals surface area contributed by atoms with Gasteiger partial charge in [0, 0.05) is 36.9 Å². The fourth-order valence-electron chi connectivity index (χ4n) is 4.15. The summed E-state index contributed by atoms with van der Waals surface area (Å²) >= 11 is 2.35. The van der Waals surface area contributed by atoms with Crippen LogP contribution in [0.3, 0.4) is 0 Å². The average Bonchev–Trinajstić information content (AvgIpc) is 3.08. The summed E-state index contributed by atoms with van der Waals surface area (Å²) < 4.78 is 3.56. The van der Waals surface area contributed by atoms with Crippen molar-refractivity contribution >= 4 is 55.2 Å². The van der Waals surface area contributed by atoms with Gasteiger partial charge in [-0.25, -0.2) is 4.57 Å². The second-order valence-electron chi connectivity index (χ2n) is 7.24. The third-order valence-corrected chi connectivity index (χ3v) is 6.28. The Labute approximate surface area is 172 Å². The van der Waals surface area contributed by atoms with E-state index in [9.17, 15) is 0 Å². The van der Waals surface area contributed by atoms with Gasteiger partial charge in [-0.1, -0.05) is 30.3 Å². The topological polar surface area (TPSA) is 19.7 Å². The molecule has 0 spiro atoms. The summed E-state index contributed by atoms with van der Waals surface area (Å²) in [4.78, 5) is 3.63. The molecule has 1 N–H and O–H groups in total. The Morgan fingerprint density at radius 3 is 2.44 bits per heavy atom. The molecule has 0 aliphatic heterocycles. The lowest BCUT2D eigenvalue weighted by atomic mass is 9.97. The molecule has 27 heavy (non-hydrogen) atoms. The lowest BCUT2D eigenvalue weighted by Crippen LogP contribution is -2.33. The van der Waals surface area contributed by atoms with Crippen molar-refractivity contribution in [1.82, 2.24) is 4.98 Å². The van der Waals surface area contributed by atoms with Crippen LogP contribution in [0.5, 0.6) is 0 Å². The molecule has 0 saturated carbocycles. The van der Waals surface area contributed by atoms with Crippen LogP contribution in [0.2, 0.25) is 0 Å². The molecule has 132 valence electrons. The number of hydrogen-bond acceptors (Lipinski definition) is 0. The molecule has 0 amide bonds. The van der Waals surface area contributed by atoms with Crippen molar-refractivity contribution in [1.29, 1.82) is 0 Å². The zero-order valence-electron chi connectivity index (χ0n) is 15.4. The lowest BCUT2D eigenvalue weighted by Gasteiger charge is -2.08. The minimum Gasteiger partial charge on any atom is -0.354 e. The van der Waals surface area contributed by atoms with Gasteiger partial charge < -0.3 is 4.98 Å². The zero-order chi connectivity index (χ0) is 18.5. The smallest absolute Gasteiger partial charge is 0.177 e. The molecule has 0 aliphatic rings. The van der Waals surface area contributed by atoms with E-state index in [0.717, 1.165) is 6.54 Å². The van der Waals surface area contributed by atoms with Crippen molar-refractivity contribution in [2.75, 3.05) is 0 Å². The first-order valence-electron chi connectivity index (χ1n) is 9.18. The Kier molecular flexibility index (Phi) is 3.93. The first-order valence-corrected chi connectivity index (χ1v) is 10.3. The normalized spacial score (nSPS) is 11.7. The van der Waals surface area contributed by atoms with Gasteiger partial charge in [0.2, 0.25) is 0 Å². The molecule has 2 aromatic heterocycles. The number of hydrogen-bond donors (Lipinski definition) is 1. The van der Waals surface area contributed by atoms with Gasteiger partial charge in [0.1, 0.15) is 0 Å². The molecule has 0 bridgehead atoms. The van der Waals surface area contributed by atoms with E-state index in [0.29, 0.717) is 0 Å². The highest BCUT2D eigenvalue weighted by molar-refractivity contribution is 14.1. The van der Waals surface area contributed by atoms with Crippen molar-refractivity contribution in [2.45, 2.75) is 20.4 Å². The zero-order valence-corrected chi connectivity index (χ0v) is 17.5. The van der Waals surface area contributed by atoms with Crippen molar-refractivity contribution in [3.63, 3.8) is 0 Å². The number of nitrogens with zero attached hydrogens (tertiary/aromatic N) is 1. The quantitative estimate of drug-likeness (QED) is 0.244. The molecule has 0 atom stereocenters. The number of pyridine rings is 1. The number of H-pyrrole nitrogens is 1. The molecule has 5 rings (SSSR count). The monoisotopic (exact) mass is 463 g/mol. The van der Waals surface area contributed by atoms with Gasteiger partial charge in [0.25, 0.3) is 0 Å². The van der Waals surface area contributed by atoms with Crippen LogP contribution < -0.4 is 4.57 Å². The Hall–Kier alpha value is -2.40. The van der Waals surface area contributed by atoms with Crippen LogP contribution in [0.25, 0.3) is 32.6 Å². The number of aryl methyl sites for hydroxylation is 2. The maximum absolute atomic E-state index is 3.63. The van der Waals surface area contributed by atoms with Crippen LogP contribution in [0.15, 0.2) is 67.0 Å². The summed E-state index contributed by atoms with van der Waals surface area (Å²) in [5.74, 6) is 0. The minimum absolute atomic E-state index is 0.886. The second kappa shape index (κ2) is 6.34. The van der Waals surface area contributed by atoms with Gasteiger partial charge >= 0.3 is 0 Å². The van der Waals surface area contributed by atoms with E-state index in [1.54, 1.807) is 0 Å². The number of aromatic nitrogens is 2. The number of fused-ring (bicyclic) bond motifs is 4. The van der Waals surface area contributed by atoms with Crippen molar-refractivity contribution in [3.05, 3.63) is 87.3 Å². The molecule has 2 nitrogen and oxygen atoms in total. The molecule has 0 aliphatic carbocycles. The van der Waals surface area contributed by atoms with Crippen LogP contribution >= 0.6 is 22.6 Å². The predicted molar refractivity (Wildman–Crippen MR) is 121 cm³/mol. The molecule has 0 saturated heterocycles. The van der Waals surface area contributed by atoms with Crippen LogP contribution in [0.4, 0.5) is 0 Å².